The number of rotatable bonds is 5. The lowest BCUT2D eigenvalue weighted by Gasteiger charge is -2.28. The fraction of sp³-hybridized carbons (Fsp3) is 0.600. The summed E-state index contributed by atoms with van der Waals surface area (Å²) < 4.78 is 11.8. The minimum absolute atomic E-state index is 0.0552. The van der Waals surface area contributed by atoms with Crippen LogP contribution in [0, 0.1) is 0 Å². The number of benzene rings is 1. The number of hydrogen-bond donors (Lipinski definition) is 1. The molecule has 0 bridgehead atoms. The maximum Gasteiger partial charge on any atom is 0.140 e. The van der Waals surface area contributed by atoms with Gasteiger partial charge in [-0.1, -0.05) is 27.7 Å². The third-order valence-electron chi connectivity index (χ3n) is 3.36. The normalized spacial score (nSPS) is 11.8. The van der Waals surface area contributed by atoms with Gasteiger partial charge in [0.05, 0.1) is 20.8 Å². The molecule has 0 amide bonds. The molecule has 0 saturated heterocycles. The monoisotopic (exact) mass is 330 g/mol. The average Bonchev–Trinajstić information content (AvgIpc) is 2.37. The van der Waals surface area contributed by atoms with E-state index in [9.17, 15) is 5.11 Å². The molecule has 1 rings (SSSR count). The lowest BCUT2D eigenvalue weighted by atomic mass is 9.82. The van der Waals surface area contributed by atoms with Crippen molar-refractivity contribution in [2.45, 2.75) is 39.0 Å². The topological polar surface area (TPSA) is 38.7 Å². The van der Waals surface area contributed by atoms with Crippen LogP contribution in [0.3, 0.4) is 0 Å². The summed E-state index contributed by atoms with van der Waals surface area (Å²) >= 11 is 3.56. The molecule has 0 spiro atoms. The van der Waals surface area contributed by atoms with E-state index < -0.39 is 0 Å². The fourth-order valence-electron chi connectivity index (χ4n) is 2.06. The lowest BCUT2D eigenvalue weighted by molar-refractivity contribution is 0.214. The van der Waals surface area contributed by atoms with E-state index in [4.69, 9.17) is 9.47 Å². The quantitative estimate of drug-likeness (QED) is 0.890. The van der Waals surface area contributed by atoms with Crippen LogP contribution in [-0.4, -0.2) is 25.9 Å². The van der Waals surface area contributed by atoms with Gasteiger partial charge in [0.1, 0.15) is 16.0 Å². The Labute approximate surface area is 124 Å². The van der Waals surface area contributed by atoms with E-state index in [2.05, 4.69) is 35.8 Å². The van der Waals surface area contributed by atoms with E-state index in [1.807, 2.05) is 13.8 Å². The summed E-state index contributed by atoms with van der Waals surface area (Å²) in [4.78, 5) is 0. The maximum atomic E-state index is 9.61. The van der Waals surface area contributed by atoms with Gasteiger partial charge in [-0.2, -0.15) is 0 Å². The number of ether oxygens (including phenoxy) is 2. The molecule has 0 heterocycles. The molecule has 0 radical (unpaired) electrons. The van der Waals surface area contributed by atoms with Crippen LogP contribution < -0.4 is 9.47 Å². The van der Waals surface area contributed by atoms with Gasteiger partial charge in [-0.15, -0.1) is 0 Å². The van der Waals surface area contributed by atoms with E-state index in [-0.39, 0.29) is 12.0 Å². The van der Waals surface area contributed by atoms with Crippen molar-refractivity contribution in [3.63, 3.8) is 0 Å². The van der Waals surface area contributed by atoms with Gasteiger partial charge in [0.25, 0.3) is 0 Å². The molecule has 19 heavy (non-hydrogen) atoms. The van der Waals surface area contributed by atoms with Gasteiger partial charge in [-0.05, 0) is 33.5 Å². The Morgan fingerprint density at radius 1 is 1.21 bits per heavy atom. The van der Waals surface area contributed by atoms with Crippen LogP contribution in [-0.2, 0) is 5.41 Å². The molecule has 0 fully saturated rings. The van der Waals surface area contributed by atoms with Gasteiger partial charge < -0.3 is 14.6 Å². The zero-order valence-electron chi connectivity index (χ0n) is 12.5. The van der Waals surface area contributed by atoms with Crippen molar-refractivity contribution in [2.75, 3.05) is 20.8 Å². The first-order chi connectivity index (χ1) is 8.80. The molecule has 0 aromatic heterocycles. The van der Waals surface area contributed by atoms with E-state index in [0.29, 0.717) is 5.92 Å². The largest absolute Gasteiger partial charge is 0.495 e. The molecule has 0 aliphatic heterocycles. The number of aliphatic hydroxyl groups excluding tert-OH is 1. The minimum atomic E-state index is -0.371. The number of halogens is 1. The van der Waals surface area contributed by atoms with Crippen LogP contribution in [0.4, 0.5) is 0 Å². The molecule has 0 saturated carbocycles. The molecular weight excluding hydrogens is 308 g/mol. The van der Waals surface area contributed by atoms with Crippen LogP contribution in [0.1, 0.15) is 44.7 Å². The smallest absolute Gasteiger partial charge is 0.140 e. The Bertz CT molecular complexity index is 453. The molecule has 4 heteroatoms. The summed E-state index contributed by atoms with van der Waals surface area (Å²) in [6.45, 7) is 8.28. The summed E-state index contributed by atoms with van der Waals surface area (Å²) in [5.74, 6) is 1.84. The fourth-order valence-corrected chi connectivity index (χ4v) is 2.82. The second-order valence-corrected chi connectivity index (χ2v) is 6.38. The highest BCUT2D eigenvalue weighted by molar-refractivity contribution is 9.10. The van der Waals surface area contributed by atoms with Gasteiger partial charge in [-0.25, -0.2) is 0 Å². The third kappa shape index (κ3) is 3.06. The zero-order chi connectivity index (χ0) is 14.8. The Kier molecular flexibility index (Phi) is 5.27. The van der Waals surface area contributed by atoms with E-state index >= 15 is 0 Å². The van der Waals surface area contributed by atoms with Gasteiger partial charge in [0.2, 0.25) is 0 Å². The summed E-state index contributed by atoms with van der Waals surface area (Å²) in [5.41, 5.74) is 1.71. The number of methoxy groups -OCH3 is 2. The standard InChI is InChI=1S/C15H23BrO3/c1-9(2)10-7-11(15(3,4)8-17)14(19-6)12(16)13(10)18-5/h7,9,17H,8H2,1-6H3. The zero-order valence-corrected chi connectivity index (χ0v) is 14.1. The Morgan fingerprint density at radius 3 is 2.11 bits per heavy atom. The van der Waals surface area contributed by atoms with E-state index in [0.717, 1.165) is 27.1 Å². The Hall–Kier alpha value is -0.740. The summed E-state index contributed by atoms with van der Waals surface area (Å²) in [6, 6.07) is 2.07. The third-order valence-corrected chi connectivity index (χ3v) is 4.08. The highest BCUT2D eigenvalue weighted by atomic mass is 79.9. The van der Waals surface area contributed by atoms with Gasteiger partial charge in [0.15, 0.2) is 0 Å². The number of aliphatic hydroxyl groups is 1. The molecule has 108 valence electrons. The first kappa shape index (κ1) is 16.3. The average molecular weight is 331 g/mol. The van der Waals surface area contributed by atoms with Crippen molar-refractivity contribution in [3.8, 4) is 11.5 Å². The Morgan fingerprint density at radius 2 is 1.74 bits per heavy atom. The molecule has 0 aliphatic carbocycles. The van der Waals surface area contributed by atoms with Gasteiger partial charge in [-0.3, -0.25) is 0 Å². The number of hydrogen-bond acceptors (Lipinski definition) is 3. The van der Waals surface area contributed by atoms with Crippen molar-refractivity contribution in [2.24, 2.45) is 0 Å². The predicted molar refractivity (Wildman–Crippen MR) is 81.4 cm³/mol. The highest BCUT2D eigenvalue weighted by Crippen LogP contribution is 2.46. The van der Waals surface area contributed by atoms with Crippen LogP contribution >= 0.6 is 15.9 Å². The molecule has 3 nitrogen and oxygen atoms in total. The summed E-state index contributed by atoms with van der Waals surface area (Å²) in [7, 11) is 3.29. The molecule has 0 atom stereocenters. The molecule has 0 unspecified atom stereocenters. The molecule has 0 aliphatic rings. The second-order valence-electron chi connectivity index (χ2n) is 5.59. The van der Waals surface area contributed by atoms with Crippen molar-refractivity contribution < 1.29 is 14.6 Å². The van der Waals surface area contributed by atoms with Crippen LogP contribution in [0.15, 0.2) is 10.5 Å². The van der Waals surface area contributed by atoms with E-state index in [1.165, 1.54) is 0 Å². The van der Waals surface area contributed by atoms with E-state index in [1.54, 1.807) is 14.2 Å². The van der Waals surface area contributed by atoms with Crippen molar-refractivity contribution in [1.82, 2.24) is 0 Å². The Balaban J connectivity index is 3.64. The highest BCUT2D eigenvalue weighted by Gasteiger charge is 2.29. The van der Waals surface area contributed by atoms with Gasteiger partial charge >= 0.3 is 0 Å². The summed E-state index contributed by atoms with van der Waals surface area (Å²) in [5, 5.41) is 9.61. The van der Waals surface area contributed by atoms with Crippen molar-refractivity contribution >= 4 is 15.9 Å². The van der Waals surface area contributed by atoms with Crippen LogP contribution in [0.25, 0.3) is 0 Å². The molecule has 1 N–H and O–H groups in total. The SMILES string of the molecule is COc1c(C(C)C)cc(C(C)(C)CO)c(OC)c1Br. The van der Waals surface area contributed by atoms with Crippen molar-refractivity contribution in [3.05, 3.63) is 21.7 Å². The first-order valence-electron chi connectivity index (χ1n) is 6.35. The molecule has 1 aromatic carbocycles. The maximum absolute atomic E-state index is 9.61. The van der Waals surface area contributed by atoms with Crippen LogP contribution in [0.5, 0.6) is 11.5 Å². The molecule has 1 aromatic rings. The van der Waals surface area contributed by atoms with Crippen molar-refractivity contribution in [1.29, 1.82) is 0 Å². The minimum Gasteiger partial charge on any atom is -0.495 e. The second kappa shape index (κ2) is 6.14. The predicted octanol–water partition coefficient (Wildman–Crippen LogP) is 3.86. The van der Waals surface area contributed by atoms with Gasteiger partial charge in [0, 0.05) is 11.0 Å². The lowest BCUT2D eigenvalue weighted by Crippen LogP contribution is -2.23. The van der Waals surface area contributed by atoms with Crippen LogP contribution in [0.2, 0.25) is 0 Å². The first-order valence-corrected chi connectivity index (χ1v) is 7.15. The molecular formula is C15H23BrO3. The summed E-state index contributed by atoms with van der Waals surface area (Å²) in [6.07, 6.45) is 0.